The molecule has 0 spiro atoms. The molecule has 6 nitrogen and oxygen atoms in total. The Hall–Kier alpha value is -3.35. The van der Waals surface area contributed by atoms with Gasteiger partial charge in [0.25, 0.3) is 5.91 Å². The van der Waals surface area contributed by atoms with Gasteiger partial charge < -0.3 is 21.1 Å². The molecule has 0 radical (unpaired) electrons. The lowest BCUT2D eigenvalue weighted by atomic mass is 9.94. The zero-order valence-corrected chi connectivity index (χ0v) is 13.3. The first-order valence-corrected chi connectivity index (χ1v) is 7.59. The van der Waals surface area contributed by atoms with Crippen molar-refractivity contribution in [3.63, 3.8) is 0 Å². The zero-order chi connectivity index (χ0) is 18.0. The topological polar surface area (TPSA) is 90.5 Å². The smallest absolute Gasteiger partial charge is 0.319 e. The van der Waals surface area contributed by atoms with E-state index < -0.39 is 23.8 Å². The Bertz CT molecular complexity index is 862. The van der Waals surface area contributed by atoms with Crippen LogP contribution in [0, 0.1) is 5.82 Å². The van der Waals surface area contributed by atoms with Crippen LogP contribution in [0.25, 0.3) is 0 Å². The molecule has 1 aliphatic heterocycles. The monoisotopic (exact) mass is 341 g/mol. The summed E-state index contributed by atoms with van der Waals surface area (Å²) in [4.78, 5) is 24.5. The van der Waals surface area contributed by atoms with Gasteiger partial charge in [0, 0.05) is 5.70 Å². The molecule has 0 aliphatic carbocycles. The van der Waals surface area contributed by atoms with Gasteiger partial charge in [0.1, 0.15) is 11.6 Å². The van der Waals surface area contributed by atoms with Crippen molar-refractivity contribution in [1.82, 2.24) is 10.6 Å². The molecule has 0 aromatic heterocycles. The van der Waals surface area contributed by atoms with Crippen LogP contribution in [0.5, 0.6) is 5.75 Å². The molecular weight excluding hydrogens is 325 g/mol. The second kappa shape index (κ2) is 6.64. The first kappa shape index (κ1) is 16.5. The van der Waals surface area contributed by atoms with Crippen molar-refractivity contribution in [2.24, 2.45) is 0 Å². The summed E-state index contributed by atoms with van der Waals surface area (Å²) in [6.07, 6.45) is 0. The standard InChI is InChI=1S/C18H16FN3O3/c1-10-15(17(24)21-14-5-3-2-4-13(14)19)16(22-18(25)20-10)11-6-8-12(23)9-7-11/h2-9,16,23H,1H3,(H,21,24)(H2,20,22,25)/t16-/m1/s1. The lowest BCUT2D eigenvalue weighted by molar-refractivity contribution is -0.113. The number of allylic oxidation sites excluding steroid dienone is 1. The summed E-state index contributed by atoms with van der Waals surface area (Å²) < 4.78 is 13.8. The third-order valence-electron chi connectivity index (χ3n) is 3.86. The molecule has 0 fully saturated rings. The Labute approximate surface area is 143 Å². The molecule has 3 amide bonds. The fraction of sp³-hybridized carbons (Fsp3) is 0.111. The van der Waals surface area contributed by atoms with Crippen LogP contribution in [0.3, 0.4) is 0 Å². The molecule has 4 N–H and O–H groups in total. The third-order valence-corrected chi connectivity index (χ3v) is 3.86. The van der Waals surface area contributed by atoms with Crippen molar-refractivity contribution in [3.8, 4) is 5.75 Å². The van der Waals surface area contributed by atoms with Gasteiger partial charge in [-0.2, -0.15) is 0 Å². The molecule has 128 valence electrons. The van der Waals surface area contributed by atoms with Crippen molar-refractivity contribution in [2.45, 2.75) is 13.0 Å². The minimum Gasteiger partial charge on any atom is -0.508 e. The molecule has 2 aromatic carbocycles. The van der Waals surface area contributed by atoms with Gasteiger partial charge in [-0.3, -0.25) is 4.79 Å². The Balaban J connectivity index is 1.96. The lowest BCUT2D eigenvalue weighted by Gasteiger charge is -2.28. The number of phenolic OH excluding ortho intramolecular Hbond substituents is 1. The highest BCUT2D eigenvalue weighted by Gasteiger charge is 2.31. The lowest BCUT2D eigenvalue weighted by Crippen LogP contribution is -2.46. The van der Waals surface area contributed by atoms with E-state index in [1.54, 1.807) is 25.1 Å². The highest BCUT2D eigenvalue weighted by molar-refractivity contribution is 6.06. The van der Waals surface area contributed by atoms with E-state index in [1.165, 1.54) is 30.3 Å². The van der Waals surface area contributed by atoms with Gasteiger partial charge in [0.15, 0.2) is 0 Å². The van der Waals surface area contributed by atoms with Crippen LogP contribution >= 0.6 is 0 Å². The second-order valence-corrected chi connectivity index (χ2v) is 5.60. The summed E-state index contributed by atoms with van der Waals surface area (Å²) in [5.41, 5.74) is 1.30. The Morgan fingerprint density at radius 3 is 2.52 bits per heavy atom. The Morgan fingerprint density at radius 2 is 1.84 bits per heavy atom. The highest BCUT2D eigenvalue weighted by atomic mass is 19.1. The largest absolute Gasteiger partial charge is 0.508 e. The molecule has 25 heavy (non-hydrogen) atoms. The maximum atomic E-state index is 13.8. The molecular formula is C18H16FN3O3. The number of phenols is 1. The number of anilines is 1. The summed E-state index contributed by atoms with van der Waals surface area (Å²) >= 11 is 0. The summed E-state index contributed by atoms with van der Waals surface area (Å²) in [6, 6.07) is 10.8. The summed E-state index contributed by atoms with van der Waals surface area (Å²) in [5.74, 6) is -1.02. The van der Waals surface area contributed by atoms with E-state index in [-0.39, 0.29) is 17.0 Å². The normalized spacial score (nSPS) is 16.9. The number of halogens is 1. The molecule has 1 atom stereocenters. The summed E-state index contributed by atoms with van der Waals surface area (Å²) in [7, 11) is 0. The van der Waals surface area contributed by atoms with Crippen molar-refractivity contribution >= 4 is 17.6 Å². The van der Waals surface area contributed by atoms with E-state index in [1.807, 2.05) is 0 Å². The summed E-state index contributed by atoms with van der Waals surface area (Å²) in [5, 5.41) is 17.2. The molecule has 0 saturated heterocycles. The van der Waals surface area contributed by atoms with Crippen LogP contribution in [0.1, 0.15) is 18.5 Å². The number of nitrogens with one attached hydrogen (secondary N) is 3. The Kier molecular flexibility index (Phi) is 4.38. The molecule has 1 aliphatic rings. The van der Waals surface area contributed by atoms with Gasteiger partial charge in [-0.05, 0) is 36.8 Å². The van der Waals surface area contributed by atoms with E-state index in [0.717, 1.165) is 0 Å². The second-order valence-electron chi connectivity index (χ2n) is 5.60. The number of carbonyl (C=O) groups is 2. The first-order valence-electron chi connectivity index (χ1n) is 7.59. The minimum atomic E-state index is -0.721. The van der Waals surface area contributed by atoms with Crippen molar-refractivity contribution in [3.05, 3.63) is 71.2 Å². The summed E-state index contributed by atoms with van der Waals surface area (Å²) in [6.45, 7) is 1.60. The number of carbonyl (C=O) groups excluding carboxylic acids is 2. The number of rotatable bonds is 3. The van der Waals surface area contributed by atoms with Gasteiger partial charge in [0.05, 0.1) is 17.3 Å². The van der Waals surface area contributed by atoms with Gasteiger partial charge in [-0.1, -0.05) is 24.3 Å². The molecule has 0 bridgehead atoms. The van der Waals surface area contributed by atoms with Crippen LogP contribution in [0.4, 0.5) is 14.9 Å². The maximum Gasteiger partial charge on any atom is 0.319 e. The fourth-order valence-corrected chi connectivity index (χ4v) is 2.66. The molecule has 7 heteroatoms. The number of urea groups is 1. The van der Waals surface area contributed by atoms with Crippen LogP contribution in [0.15, 0.2) is 59.8 Å². The number of hydrogen-bond acceptors (Lipinski definition) is 3. The van der Waals surface area contributed by atoms with E-state index in [4.69, 9.17) is 0 Å². The van der Waals surface area contributed by atoms with Crippen molar-refractivity contribution in [1.29, 1.82) is 0 Å². The number of aromatic hydroxyl groups is 1. The quantitative estimate of drug-likeness (QED) is 0.692. The molecule has 1 heterocycles. The predicted molar refractivity (Wildman–Crippen MR) is 90.2 cm³/mol. The average Bonchev–Trinajstić information content (AvgIpc) is 2.57. The number of amides is 3. The maximum absolute atomic E-state index is 13.8. The predicted octanol–water partition coefficient (Wildman–Crippen LogP) is 2.80. The van der Waals surface area contributed by atoms with Crippen LogP contribution in [-0.2, 0) is 4.79 Å². The Morgan fingerprint density at radius 1 is 1.16 bits per heavy atom. The highest BCUT2D eigenvalue weighted by Crippen LogP contribution is 2.29. The van der Waals surface area contributed by atoms with Crippen molar-refractivity contribution in [2.75, 3.05) is 5.32 Å². The SMILES string of the molecule is CC1=C(C(=O)Nc2ccccc2F)[C@@H](c2ccc(O)cc2)NC(=O)N1. The van der Waals surface area contributed by atoms with E-state index in [2.05, 4.69) is 16.0 Å². The number of benzene rings is 2. The van der Waals surface area contributed by atoms with Crippen LogP contribution in [0.2, 0.25) is 0 Å². The first-order chi connectivity index (χ1) is 12.0. The number of para-hydroxylation sites is 1. The minimum absolute atomic E-state index is 0.0501. The van der Waals surface area contributed by atoms with Gasteiger partial charge in [0.2, 0.25) is 0 Å². The van der Waals surface area contributed by atoms with Crippen molar-refractivity contribution < 1.29 is 19.1 Å². The fourth-order valence-electron chi connectivity index (χ4n) is 2.66. The van der Waals surface area contributed by atoms with Gasteiger partial charge in [-0.15, -0.1) is 0 Å². The van der Waals surface area contributed by atoms with E-state index in [9.17, 15) is 19.1 Å². The van der Waals surface area contributed by atoms with Gasteiger partial charge in [-0.25, -0.2) is 9.18 Å². The van der Waals surface area contributed by atoms with E-state index in [0.29, 0.717) is 11.3 Å². The van der Waals surface area contributed by atoms with Crippen LogP contribution in [-0.4, -0.2) is 17.0 Å². The molecule has 0 unspecified atom stereocenters. The third kappa shape index (κ3) is 3.45. The molecule has 2 aromatic rings. The zero-order valence-electron chi connectivity index (χ0n) is 13.3. The molecule has 0 saturated carbocycles. The molecule has 3 rings (SSSR count). The van der Waals surface area contributed by atoms with Crippen LogP contribution < -0.4 is 16.0 Å². The van der Waals surface area contributed by atoms with E-state index >= 15 is 0 Å². The van der Waals surface area contributed by atoms with Gasteiger partial charge >= 0.3 is 6.03 Å². The average molecular weight is 341 g/mol. The number of hydrogen-bond donors (Lipinski definition) is 4.